The molecule has 0 bridgehead atoms. The van der Waals surface area contributed by atoms with Crippen LogP contribution in [0.5, 0.6) is 0 Å². The first kappa shape index (κ1) is 15.8. The number of thiophene rings is 1. The van der Waals surface area contributed by atoms with Gasteiger partial charge in [0.05, 0.1) is 16.3 Å². The Kier molecular flexibility index (Phi) is 4.19. The fourth-order valence-electron chi connectivity index (χ4n) is 2.85. The molecule has 7 nitrogen and oxygen atoms in total. The number of carbonyl (C=O) groups excluding carboxylic acids is 1. The number of nitrogens with one attached hydrogen (secondary N) is 1. The average molecular weight is 354 g/mol. The second-order valence-corrected chi connectivity index (χ2v) is 6.90. The first-order valence-corrected chi connectivity index (χ1v) is 9.02. The third-order valence-corrected chi connectivity index (χ3v) is 5.16. The maximum atomic E-state index is 12.7. The Hall–Kier alpha value is -2.74. The van der Waals surface area contributed by atoms with Gasteiger partial charge in [0, 0.05) is 26.2 Å². The molecule has 128 valence electrons. The van der Waals surface area contributed by atoms with Crippen molar-refractivity contribution in [3.8, 4) is 10.6 Å². The van der Waals surface area contributed by atoms with E-state index in [-0.39, 0.29) is 5.91 Å². The van der Waals surface area contributed by atoms with E-state index in [4.69, 9.17) is 0 Å². The van der Waals surface area contributed by atoms with Crippen molar-refractivity contribution in [2.24, 2.45) is 0 Å². The number of anilines is 1. The molecule has 0 radical (unpaired) electrons. The topological polar surface area (TPSA) is 78.0 Å². The number of hydrogen-bond donors (Lipinski definition) is 1. The van der Waals surface area contributed by atoms with E-state index in [2.05, 4.69) is 25.3 Å². The number of rotatable bonds is 3. The molecule has 1 saturated heterocycles. The van der Waals surface area contributed by atoms with Crippen LogP contribution >= 0.6 is 11.3 Å². The van der Waals surface area contributed by atoms with Crippen molar-refractivity contribution in [2.45, 2.75) is 6.92 Å². The summed E-state index contributed by atoms with van der Waals surface area (Å²) in [6, 6.07) is 9.74. The van der Waals surface area contributed by atoms with Gasteiger partial charge in [0.25, 0.3) is 5.91 Å². The van der Waals surface area contributed by atoms with Crippen LogP contribution in [0.2, 0.25) is 0 Å². The normalized spacial score (nSPS) is 14.8. The van der Waals surface area contributed by atoms with E-state index < -0.39 is 0 Å². The number of carbonyl (C=O) groups is 1. The minimum atomic E-state index is -0.0336. The second kappa shape index (κ2) is 6.64. The molecule has 1 fully saturated rings. The van der Waals surface area contributed by atoms with E-state index in [1.165, 1.54) is 0 Å². The van der Waals surface area contributed by atoms with Gasteiger partial charge >= 0.3 is 0 Å². The Morgan fingerprint density at radius 2 is 2.00 bits per heavy atom. The van der Waals surface area contributed by atoms with Crippen LogP contribution in [0.15, 0.2) is 35.7 Å². The summed E-state index contributed by atoms with van der Waals surface area (Å²) in [4.78, 5) is 17.7. The number of amides is 1. The zero-order valence-electron chi connectivity index (χ0n) is 13.8. The van der Waals surface area contributed by atoms with Crippen molar-refractivity contribution < 1.29 is 4.79 Å². The smallest absolute Gasteiger partial charge is 0.274 e. The molecule has 0 spiro atoms. The maximum absolute atomic E-state index is 12.7. The third-order valence-electron chi connectivity index (χ3n) is 4.26. The molecule has 0 aliphatic carbocycles. The monoisotopic (exact) mass is 354 g/mol. The highest BCUT2D eigenvalue weighted by Gasteiger charge is 2.24. The molecule has 0 aromatic carbocycles. The predicted molar refractivity (Wildman–Crippen MR) is 96.8 cm³/mol. The lowest BCUT2D eigenvalue weighted by molar-refractivity contribution is 0.0740. The first-order valence-electron chi connectivity index (χ1n) is 8.14. The molecule has 4 heterocycles. The van der Waals surface area contributed by atoms with Gasteiger partial charge in [-0.3, -0.25) is 9.89 Å². The fourth-order valence-corrected chi connectivity index (χ4v) is 3.54. The Bertz CT molecular complexity index is 850. The maximum Gasteiger partial charge on any atom is 0.274 e. The number of piperazine rings is 1. The van der Waals surface area contributed by atoms with Crippen LogP contribution in [0, 0.1) is 6.92 Å². The van der Waals surface area contributed by atoms with Gasteiger partial charge < -0.3 is 9.80 Å². The van der Waals surface area contributed by atoms with Crippen molar-refractivity contribution in [2.75, 3.05) is 31.1 Å². The highest BCUT2D eigenvalue weighted by Crippen LogP contribution is 2.23. The Morgan fingerprint density at radius 3 is 2.68 bits per heavy atom. The van der Waals surface area contributed by atoms with E-state index in [1.807, 2.05) is 47.5 Å². The molecule has 3 aromatic rings. The van der Waals surface area contributed by atoms with Crippen LogP contribution in [-0.2, 0) is 0 Å². The quantitative estimate of drug-likeness (QED) is 0.780. The van der Waals surface area contributed by atoms with Gasteiger partial charge in [-0.05, 0) is 36.6 Å². The third kappa shape index (κ3) is 3.25. The summed E-state index contributed by atoms with van der Waals surface area (Å²) < 4.78 is 0. The lowest BCUT2D eigenvalue weighted by atomic mass is 10.2. The lowest BCUT2D eigenvalue weighted by Gasteiger charge is -2.34. The Morgan fingerprint density at radius 1 is 1.16 bits per heavy atom. The molecule has 0 atom stereocenters. The van der Waals surface area contributed by atoms with Crippen LogP contribution in [0.3, 0.4) is 0 Å². The number of H-pyrrole nitrogens is 1. The molecule has 1 N–H and O–H groups in total. The summed E-state index contributed by atoms with van der Waals surface area (Å²) in [6.07, 6.45) is 0. The van der Waals surface area contributed by atoms with Gasteiger partial charge in [-0.2, -0.15) is 10.2 Å². The zero-order chi connectivity index (χ0) is 17.2. The molecule has 1 aliphatic rings. The van der Waals surface area contributed by atoms with Crippen LogP contribution in [0.25, 0.3) is 10.6 Å². The molecule has 0 saturated carbocycles. The first-order chi connectivity index (χ1) is 12.2. The van der Waals surface area contributed by atoms with Crippen molar-refractivity contribution >= 4 is 23.1 Å². The van der Waals surface area contributed by atoms with E-state index >= 15 is 0 Å². The highest BCUT2D eigenvalue weighted by molar-refractivity contribution is 7.13. The van der Waals surface area contributed by atoms with E-state index in [0.717, 1.165) is 35.2 Å². The minimum absolute atomic E-state index is 0.0336. The standard InChI is InChI=1S/C17H18N6OS/c1-12-4-5-16(21-18-12)22-6-8-23(9-7-22)17(24)14-11-13(19-20-14)15-3-2-10-25-15/h2-5,10-11H,6-9H2,1H3,(H,19,20). The SMILES string of the molecule is Cc1ccc(N2CCN(C(=O)c3cc(-c4cccs4)[nH]n3)CC2)nn1. The van der Waals surface area contributed by atoms with Crippen molar-refractivity contribution in [3.05, 3.63) is 47.1 Å². The molecular weight excluding hydrogens is 336 g/mol. The van der Waals surface area contributed by atoms with Gasteiger partial charge in [-0.15, -0.1) is 16.4 Å². The van der Waals surface area contributed by atoms with E-state index in [9.17, 15) is 4.79 Å². The summed E-state index contributed by atoms with van der Waals surface area (Å²) in [5.41, 5.74) is 2.25. The van der Waals surface area contributed by atoms with Crippen molar-refractivity contribution in [1.82, 2.24) is 25.3 Å². The minimum Gasteiger partial charge on any atom is -0.352 e. The van der Waals surface area contributed by atoms with Gasteiger partial charge in [-0.1, -0.05) is 6.07 Å². The summed E-state index contributed by atoms with van der Waals surface area (Å²) in [5.74, 6) is 0.825. The Balaban J connectivity index is 1.40. The predicted octanol–water partition coefficient (Wildman–Crippen LogP) is 2.20. The number of aryl methyl sites for hydroxylation is 1. The molecule has 0 unspecified atom stereocenters. The van der Waals surface area contributed by atoms with Gasteiger partial charge in [0.15, 0.2) is 11.5 Å². The van der Waals surface area contributed by atoms with Crippen LogP contribution < -0.4 is 4.90 Å². The van der Waals surface area contributed by atoms with Gasteiger partial charge in [0.1, 0.15) is 0 Å². The summed E-state index contributed by atoms with van der Waals surface area (Å²) in [5, 5.41) is 17.5. The summed E-state index contributed by atoms with van der Waals surface area (Å²) in [7, 11) is 0. The average Bonchev–Trinajstić information content (AvgIpc) is 3.33. The highest BCUT2D eigenvalue weighted by atomic mass is 32.1. The van der Waals surface area contributed by atoms with Crippen LogP contribution in [0.1, 0.15) is 16.2 Å². The summed E-state index contributed by atoms with van der Waals surface area (Å²) in [6.45, 7) is 4.70. The summed E-state index contributed by atoms with van der Waals surface area (Å²) >= 11 is 1.62. The van der Waals surface area contributed by atoms with Crippen LogP contribution in [0.4, 0.5) is 5.82 Å². The lowest BCUT2D eigenvalue weighted by Crippen LogP contribution is -2.49. The van der Waals surface area contributed by atoms with Crippen molar-refractivity contribution in [3.63, 3.8) is 0 Å². The Labute approximate surface area is 149 Å². The number of nitrogens with zero attached hydrogens (tertiary/aromatic N) is 5. The van der Waals surface area contributed by atoms with Crippen molar-refractivity contribution in [1.29, 1.82) is 0 Å². The molecule has 8 heteroatoms. The molecule has 3 aromatic heterocycles. The van der Waals surface area contributed by atoms with Gasteiger partial charge in [0.2, 0.25) is 0 Å². The number of aromatic amines is 1. The number of hydrogen-bond acceptors (Lipinski definition) is 6. The van der Waals surface area contributed by atoms with E-state index in [0.29, 0.717) is 18.8 Å². The molecule has 1 aliphatic heterocycles. The fraction of sp³-hybridized carbons (Fsp3) is 0.294. The molecule has 1 amide bonds. The largest absolute Gasteiger partial charge is 0.352 e. The molecule has 4 rings (SSSR count). The number of aromatic nitrogens is 4. The van der Waals surface area contributed by atoms with Gasteiger partial charge in [-0.25, -0.2) is 0 Å². The zero-order valence-corrected chi connectivity index (χ0v) is 14.7. The molecular formula is C17H18N6OS. The second-order valence-electron chi connectivity index (χ2n) is 5.96. The van der Waals surface area contributed by atoms with E-state index in [1.54, 1.807) is 11.3 Å². The van der Waals surface area contributed by atoms with Crippen LogP contribution in [-0.4, -0.2) is 57.4 Å². The molecule has 25 heavy (non-hydrogen) atoms.